The molecule has 0 aromatic heterocycles. The van der Waals surface area contributed by atoms with Crippen molar-refractivity contribution in [1.29, 1.82) is 0 Å². The molecule has 0 radical (unpaired) electrons. The van der Waals surface area contributed by atoms with Gasteiger partial charge in [-0.3, -0.25) is 4.79 Å². The van der Waals surface area contributed by atoms with Gasteiger partial charge in [0.15, 0.2) is 0 Å². The number of primary amides is 1. The molecule has 0 unspecified atom stereocenters. The Morgan fingerprint density at radius 2 is 2.25 bits per heavy atom. The van der Waals surface area contributed by atoms with Gasteiger partial charge in [0.2, 0.25) is 0 Å². The Morgan fingerprint density at radius 3 is 2.75 bits per heavy atom. The Balaban J connectivity index is 3.20. The summed E-state index contributed by atoms with van der Waals surface area (Å²) in [4.78, 5) is 10.8. The number of hydrogen-bond donors (Lipinski definition) is 1. The van der Waals surface area contributed by atoms with Gasteiger partial charge in [0.05, 0.1) is 12.7 Å². The van der Waals surface area contributed by atoms with Gasteiger partial charge >= 0.3 is 0 Å². The average molecular weight is 186 g/mol. The number of rotatable bonds is 2. The van der Waals surface area contributed by atoms with Crippen molar-refractivity contribution in [3.63, 3.8) is 0 Å². The lowest BCUT2D eigenvalue weighted by atomic mass is 10.2. The molecule has 1 aromatic rings. The van der Waals surface area contributed by atoms with Gasteiger partial charge in [0, 0.05) is 5.02 Å². The molecule has 0 fully saturated rings. The Kier molecular flexibility index (Phi) is 2.55. The summed E-state index contributed by atoms with van der Waals surface area (Å²) in [7, 11) is 1.46. The molecule has 1 rings (SSSR count). The highest BCUT2D eigenvalue weighted by molar-refractivity contribution is 6.30. The summed E-state index contributed by atoms with van der Waals surface area (Å²) in [5, 5.41) is 0.511. The number of amides is 1. The first kappa shape index (κ1) is 8.87. The van der Waals surface area contributed by atoms with Crippen LogP contribution in [-0.4, -0.2) is 13.0 Å². The molecule has 0 aliphatic carbocycles. The van der Waals surface area contributed by atoms with Crippen molar-refractivity contribution in [3.05, 3.63) is 28.8 Å². The number of hydrogen-bond acceptors (Lipinski definition) is 2. The molecule has 1 aromatic carbocycles. The smallest absolute Gasteiger partial charge is 0.252 e. The van der Waals surface area contributed by atoms with E-state index in [1.165, 1.54) is 13.2 Å². The maximum Gasteiger partial charge on any atom is 0.252 e. The number of carbonyl (C=O) groups is 1. The van der Waals surface area contributed by atoms with Crippen LogP contribution in [0.15, 0.2) is 18.2 Å². The first-order valence-electron chi connectivity index (χ1n) is 3.28. The normalized spacial score (nSPS) is 9.50. The highest BCUT2D eigenvalue weighted by Gasteiger charge is 2.07. The molecule has 0 atom stereocenters. The predicted molar refractivity (Wildman–Crippen MR) is 46.5 cm³/mol. The molecule has 0 saturated carbocycles. The zero-order valence-electron chi connectivity index (χ0n) is 6.50. The fraction of sp³-hybridized carbons (Fsp3) is 0.125. The quantitative estimate of drug-likeness (QED) is 0.758. The van der Waals surface area contributed by atoms with E-state index in [0.717, 1.165) is 0 Å². The lowest BCUT2D eigenvalue weighted by molar-refractivity contribution is 0.0997. The van der Waals surface area contributed by atoms with Crippen LogP contribution in [0, 0.1) is 0 Å². The second-order valence-electron chi connectivity index (χ2n) is 2.21. The van der Waals surface area contributed by atoms with Crippen molar-refractivity contribution in [2.24, 2.45) is 5.73 Å². The minimum Gasteiger partial charge on any atom is -0.496 e. The monoisotopic (exact) mass is 185 g/mol. The van der Waals surface area contributed by atoms with E-state index < -0.39 is 5.91 Å². The predicted octanol–water partition coefficient (Wildman–Crippen LogP) is 1.45. The summed E-state index contributed by atoms with van der Waals surface area (Å²) in [5.41, 5.74) is 5.41. The molecule has 64 valence electrons. The van der Waals surface area contributed by atoms with Crippen molar-refractivity contribution in [3.8, 4) is 5.75 Å². The molecule has 0 saturated heterocycles. The SMILES string of the molecule is COc1cc(Cl)ccc1C(N)=O. The standard InChI is InChI=1S/C8H8ClNO2/c1-12-7-4-5(9)2-3-6(7)8(10)11/h2-4H,1H3,(H2,10,11). The molecule has 4 heteroatoms. The van der Waals surface area contributed by atoms with Crippen LogP contribution in [-0.2, 0) is 0 Å². The van der Waals surface area contributed by atoms with Gasteiger partial charge in [-0.05, 0) is 18.2 Å². The summed E-state index contributed by atoms with van der Waals surface area (Å²) in [6.45, 7) is 0. The van der Waals surface area contributed by atoms with Crippen LogP contribution in [0.1, 0.15) is 10.4 Å². The maximum atomic E-state index is 10.8. The molecular weight excluding hydrogens is 178 g/mol. The van der Waals surface area contributed by atoms with E-state index >= 15 is 0 Å². The molecular formula is C8H8ClNO2. The van der Waals surface area contributed by atoms with Gasteiger partial charge < -0.3 is 10.5 Å². The molecule has 0 bridgehead atoms. The Bertz CT molecular complexity index is 312. The van der Waals surface area contributed by atoms with Crippen LogP contribution < -0.4 is 10.5 Å². The highest BCUT2D eigenvalue weighted by atomic mass is 35.5. The zero-order chi connectivity index (χ0) is 9.14. The van der Waals surface area contributed by atoms with Gasteiger partial charge in [0.25, 0.3) is 5.91 Å². The lowest BCUT2D eigenvalue weighted by Gasteiger charge is -2.04. The van der Waals surface area contributed by atoms with Crippen molar-refractivity contribution < 1.29 is 9.53 Å². The number of methoxy groups -OCH3 is 1. The summed E-state index contributed by atoms with van der Waals surface area (Å²) in [5.74, 6) is -0.126. The topological polar surface area (TPSA) is 52.3 Å². The number of halogens is 1. The molecule has 3 nitrogen and oxygen atoms in total. The van der Waals surface area contributed by atoms with Gasteiger partial charge in [-0.15, -0.1) is 0 Å². The molecule has 0 aliphatic rings. The van der Waals surface area contributed by atoms with Crippen LogP contribution in [0.3, 0.4) is 0 Å². The third-order valence-corrected chi connectivity index (χ3v) is 1.66. The van der Waals surface area contributed by atoms with Crippen LogP contribution >= 0.6 is 11.6 Å². The van der Waals surface area contributed by atoms with E-state index in [4.69, 9.17) is 22.1 Å². The maximum absolute atomic E-state index is 10.8. The minimum atomic E-state index is -0.525. The zero-order valence-corrected chi connectivity index (χ0v) is 7.26. The Hall–Kier alpha value is -1.22. The molecule has 2 N–H and O–H groups in total. The Labute approximate surface area is 75.1 Å². The van der Waals surface area contributed by atoms with Crippen molar-refractivity contribution in [2.45, 2.75) is 0 Å². The Morgan fingerprint density at radius 1 is 1.58 bits per heavy atom. The largest absolute Gasteiger partial charge is 0.496 e. The molecule has 0 heterocycles. The first-order chi connectivity index (χ1) is 5.65. The van der Waals surface area contributed by atoms with Crippen molar-refractivity contribution in [2.75, 3.05) is 7.11 Å². The summed E-state index contributed by atoms with van der Waals surface area (Å²) in [6, 6.07) is 4.66. The van der Waals surface area contributed by atoms with Crippen LogP contribution in [0.4, 0.5) is 0 Å². The molecule has 0 aliphatic heterocycles. The molecule has 12 heavy (non-hydrogen) atoms. The summed E-state index contributed by atoms with van der Waals surface area (Å²) >= 11 is 5.67. The summed E-state index contributed by atoms with van der Waals surface area (Å²) < 4.78 is 4.90. The number of carbonyl (C=O) groups excluding carboxylic acids is 1. The van der Waals surface area contributed by atoms with Crippen LogP contribution in [0.25, 0.3) is 0 Å². The lowest BCUT2D eigenvalue weighted by Crippen LogP contribution is -2.12. The van der Waals surface area contributed by atoms with Crippen LogP contribution in [0.5, 0.6) is 5.75 Å². The van der Waals surface area contributed by atoms with Gasteiger partial charge in [-0.1, -0.05) is 11.6 Å². The number of nitrogens with two attached hydrogens (primary N) is 1. The fourth-order valence-electron chi connectivity index (χ4n) is 0.869. The van der Waals surface area contributed by atoms with Crippen LogP contribution in [0.2, 0.25) is 5.02 Å². The van der Waals surface area contributed by atoms with E-state index in [1.54, 1.807) is 12.1 Å². The minimum absolute atomic E-state index is 0.335. The highest BCUT2D eigenvalue weighted by Crippen LogP contribution is 2.22. The van der Waals surface area contributed by atoms with Crippen molar-refractivity contribution in [1.82, 2.24) is 0 Å². The van der Waals surface area contributed by atoms with Gasteiger partial charge in [-0.25, -0.2) is 0 Å². The van der Waals surface area contributed by atoms with E-state index in [2.05, 4.69) is 0 Å². The molecule has 0 spiro atoms. The molecule has 1 amide bonds. The number of benzene rings is 1. The number of ether oxygens (including phenoxy) is 1. The van der Waals surface area contributed by atoms with E-state index in [0.29, 0.717) is 16.3 Å². The van der Waals surface area contributed by atoms with Crippen molar-refractivity contribution >= 4 is 17.5 Å². The average Bonchev–Trinajstić information content (AvgIpc) is 2.03. The van der Waals surface area contributed by atoms with E-state index in [-0.39, 0.29) is 0 Å². The second-order valence-corrected chi connectivity index (χ2v) is 2.65. The van der Waals surface area contributed by atoms with E-state index in [1.807, 2.05) is 0 Å². The summed E-state index contributed by atoms with van der Waals surface area (Å²) in [6.07, 6.45) is 0. The second kappa shape index (κ2) is 3.45. The van der Waals surface area contributed by atoms with Gasteiger partial charge in [0.1, 0.15) is 5.75 Å². The third kappa shape index (κ3) is 1.68. The first-order valence-corrected chi connectivity index (χ1v) is 3.66. The van der Waals surface area contributed by atoms with E-state index in [9.17, 15) is 4.79 Å². The van der Waals surface area contributed by atoms with Gasteiger partial charge in [-0.2, -0.15) is 0 Å². The third-order valence-electron chi connectivity index (χ3n) is 1.43. The fourth-order valence-corrected chi connectivity index (χ4v) is 1.03.